The van der Waals surface area contributed by atoms with E-state index in [1.54, 1.807) is 0 Å². The van der Waals surface area contributed by atoms with Crippen LogP contribution in [-0.2, 0) is 21.1 Å². The molecule has 0 aliphatic carbocycles. The van der Waals surface area contributed by atoms with E-state index in [1.165, 1.54) is 373 Å². The van der Waals surface area contributed by atoms with Crippen LogP contribution in [0.3, 0.4) is 0 Å². The zero-order chi connectivity index (χ0) is 53.2. The van der Waals surface area contributed by atoms with Crippen LogP contribution in [0.5, 0.6) is 0 Å². The first-order valence-corrected chi connectivity index (χ1v) is 37.7. The molecule has 0 aromatic rings. The minimum absolute atomic E-state index is 0.680. The standard InChI is InChI=1S/3C20H42N.C8H17O.Ti/c3*1-3-5-7-9-11-13-15-17-19-21-20-18-16-14-12-10-8-6-4-2;1-3-5-6-8(4-2)7-9;/h3*3-20H2,1-2H3;8H,3-7H2,1-2H3;/q4*-1;+4. The molecule has 0 saturated carbocycles. The molecule has 4 nitrogen and oxygen atoms in total. The number of nitrogens with zero attached hydrogens (tertiary/aromatic N) is 3. The van der Waals surface area contributed by atoms with E-state index in [9.17, 15) is 0 Å². The Labute approximate surface area is 469 Å². The third kappa shape index (κ3) is 44.0. The van der Waals surface area contributed by atoms with E-state index in [0.29, 0.717) is 5.92 Å². The maximum absolute atomic E-state index is 8.47. The molecule has 0 spiro atoms. The normalized spacial score (nSPS) is 12.7. The summed E-state index contributed by atoms with van der Waals surface area (Å²) >= 11 is -3.64. The van der Waals surface area contributed by atoms with Crippen LogP contribution in [-0.4, -0.2) is 56.0 Å². The summed E-state index contributed by atoms with van der Waals surface area (Å²) in [5.74, 6) is 0.680. The van der Waals surface area contributed by atoms with Gasteiger partial charge in [-0.1, -0.05) is 0 Å². The molecule has 1 unspecified atom stereocenters. The molecule has 0 bridgehead atoms. The van der Waals surface area contributed by atoms with E-state index >= 15 is 0 Å². The number of rotatable bonds is 64. The first kappa shape index (κ1) is 73.6. The second-order valence-electron chi connectivity index (χ2n) is 24.1. The summed E-state index contributed by atoms with van der Waals surface area (Å²) in [6, 6.07) is 0. The Bertz CT molecular complexity index is 844. The van der Waals surface area contributed by atoms with Crippen molar-refractivity contribution >= 4 is 0 Å². The van der Waals surface area contributed by atoms with Crippen LogP contribution in [0.1, 0.15) is 389 Å². The number of hydrogen-bond donors (Lipinski definition) is 0. The fourth-order valence-corrected chi connectivity index (χ4v) is 19.5. The van der Waals surface area contributed by atoms with E-state index in [-0.39, 0.29) is 0 Å². The van der Waals surface area contributed by atoms with Gasteiger partial charge in [0.1, 0.15) is 0 Å². The molecular formula is C68H143N3OTi. The molecule has 0 rings (SSSR count). The fourth-order valence-electron chi connectivity index (χ4n) is 11.8. The molecule has 0 amide bonds. The molecule has 440 valence electrons. The van der Waals surface area contributed by atoms with Gasteiger partial charge in [-0.05, 0) is 0 Å². The second-order valence-corrected chi connectivity index (χ2v) is 29.3. The van der Waals surface area contributed by atoms with E-state index in [1.807, 2.05) is 0 Å². The Morgan fingerprint density at radius 3 is 0.589 bits per heavy atom. The molecule has 0 heterocycles. The van der Waals surface area contributed by atoms with Crippen molar-refractivity contribution in [3.8, 4) is 0 Å². The monoisotopic (exact) mass is 1070 g/mol. The van der Waals surface area contributed by atoms with Crippen LogP contribution in [0.15, 0.2) is 0 Å². The van der Waals surface area contributed by atoms with Gasteiger partial charge in [0.15, 0.2) is 0 Å². The molecule has 0 saturated heterocycles. The summed E-state index contributed by atoms with van der Waals surface area (Å²) in [5, 5.41) is 0. The van der Waals surface area contributed by atoms with E-state index in [4.69, 9.17) is 3.32 Å². The average Bonchev–Trinajstić information content (AvgIpc) is 3.40. The quantitative estimate of drug-likeness (QED) is 0.0446. The topological polar surface area (TPSA) is 19.0 Å². The third-order valence-electron chi connectivity index (χ3n) is 17.0. The Balaban J connectivity index is 7.60. The summed E-state index contributed by atoms with van der Waals surface area (Å²) in [6.07, 6.45) is 72.8. The molecule has 0 aliphatic heterocycles. The van der Waals surface area contributed by atoms with Crippen molar-refractivity contribution in [2.45, 2.75) is 389 Å². The fraction of sp³-hybridized carbons (Fsp3) is 1.00. The zero-order valence-electron chi connectivity index (χ0n) is 52.5. The average molecular weight is 1070 g/mol. The van der Waals surface area contributed by atoms with E-state index in [0.717, 1.165) is 6.61 Å². The molecule has 73 heavy (non-hydrogen) atoms. The van der Waals surface area contributed by atoms with Crippen molar-refractivity contribution in [3.05, 3.63) is 0 Å². The van der Waals surface area contributed by atoms with Gasteiger partial charge < -0.3 is 0 Å². The van der Waals surface area contributed by atoms with Crippen molar-refractivity contribution in [3.63, 3.8) is 0 Å². The molecule has 0 aliphatic rings. The molecular weight excluding hydrogens is 923 g/mol. The van der Waals surface area contributed by atoms with E-state index in [2.05, 4.69) is 65.5 Å². The van der Waals surface area contributed by atoms with Gasteiger partial charge in [0, 0.05) is 0 Å². The third-order valence-corrected chi connectivity index (χ3v) is 23.8. The molecule has 0 fully saturated rings. The molecule has 0 aromatic heterocycles. The number of hydrogen-bond acceptors (Lipinski definition) is 4. The second kappa shape index (κ2) is 60.2. The maximum atomic E-state index is 8.47. The predicted octanol–water partition coefficient (Wildman–Crippen LogP) is 23.8. The van der Waals surface area contributed by atoms with Gasteiger partial charge in [-0.25, -0.2) is 0 Å². The van der Waals surface area contributed by atoms with Gasteiger partial charge >= 0.3 is 472 Å². The van der Waals surface area contributed by atoms with Crippen LogP contribution in [0.25, 0.3) is 0 Å². The zero-order valence-corrected chi connectivity index (χ0v) is 54.1. The van der Waals surface area contributed by atoms with E-state index < -0.39 is 17.7 Å². The summed E-state index contributed by atoms with van der Waals surface area (Å²) in [6.45, 7) is 27.7. The van der Waals surface area contributed by atoms with Gasteiger partial charge in [-0.3, -0.25) is 0 Å². The molecule has 0 radical (unpaired) electrons. The summed E-state index contributed by atoms with van der Waals surface area (Å²) < 4.78 is 18.3. The van der Waals surface area contributed by atoms with Gasteiger partial charge in [0.25, 0.3) is 0 Å². The number of unbranched alkanes of at least 4 members (excludes halogenated alkanes) is 43. The van der Waals surface area contributed by atoms with Crippen molar-refractivity contribution in [2.75, 3.05) is 45.9 Å². The van der Waals surface area contributed by atoms with Crippen molar-refractivity contribution < 1.29 is 21.1 Å². The first-order chi connectivity index (χ1) is 36.1. The van der Waals surface area contributed by atoms with Crippen LogP contribution in [0.2, 0.25) is 0 Å². The van der Waals surface area contributed by atoms with Crippen molar-refractivity contribution in [2.24, 2.45) is 5.92 Å². The Morgan fingerprint density at radius 2 is 0.411 bits per heavy atom. The van der Waals surface area contributed by atoms with Gasteiger partial charge in [0.05, 0.1) is 0 Å². The molecule has 5 heteroatoms. The van der Waals surface area contributed by atoms with Crippen LogP contribution in [0.4, 0.5) is 0 Å². The minimum atomic E-state index is -3.64. The summed E-state index contributed by atoms with van der Waals surface area (Å²) in [5.41, 5.74) is 0. The Morgan fingerprint density at radius 1 is 0.233 bits per heavy atom. The van der Waals surface area contributed by atoms with Crippen LogP contribution >= 0.6 is 0 Å². The van der Waals surface area contributed by atoms with Gasteiger partial charge in [-0.2, -0.15) is 0 Å². The first-order valence-electron chi connectivity index (χ1n) is 34.9. The SMILES string of the molecule is CCCCCCCCCC[N](CCCCCCCCCC)[Ti]([O]CC(CC)CCCC)([N](CCCCCCCCCC)CCCCCCCCCC)[N](CCCCCCCCCC)CCCCCCCCCC. The Hall–Kier alpha value is 0.554. The summed E-state index contributed by atoms with van der Waals surface area (Å²) in [4.78, 5) is 0. The predicted molar refractivity (Wildman–Crippen MR) is 330 cm³/mol. The van der Waals surface area contributed by atoms with Crippen molar-refractivity contribution in [1.82, 2.24) is 10.1 Å². The molecule has 0 aromatic carbocycles. The van der Waals surface area contributed by atoms with Gasteiger partial charge in [0.2, 0.25) is 0 Å². The summed E-state index contributed by atoms with van der Waals surface area (Å²) in [7, 11) is 0. The molecule has 0 N–H and O–H groups in total. The van der Waals surface area contributed by atoms with Crippen molar-refractivity contribution in [1.29, 1.82) is 0 Å². The van der Waals surface area contributed by atoms with Crippen LogP contribution < -0.4 is 0 Å². The van der Waals surface area contributed by atoms with Crippen LogP contribution in [0, 0.1) is 5.92 Å². The molecule has 1 atom stereocenters. The van der Waals surface area contributed by atoms with Gasteiger partial charge in [-0.15, -0.1) is 0 Å². The Kier molecular flexibility index (Phi) is 60.7.